The van der Waals surface area contributed by atoms with Gasteiger partial charge in [-0.3, -0.25) is 14.5 Å². The number of H-pyrrole nitrogens is 2. The fraction of sp³-hybridized carbons (Fsp3) is 0.100. The average molecular weight is 282 g/mol. The summed E-state index contributed by atoms with van der Waals surface area (Å²) in [5.74, 6) is 0.0885. The van der Waals surface area contributed by atoms with E-state index >= 15 is 0 Å². The molecule has 0 aliphatic rings. The van der Waals surface area contributed by atoms with Crippen molar-refractivity contribution in [3.63, 3.8) is 0 Å². The molecule has 0 atom stereocenters. The van der Waals surface area contributed by atoms with E-state index in [1.54, 1.807) is 19.1 Å². The van der Waals surface area contributed by atoms with Crippen LogP contribution in [0.2, 0.25) is 0 Å². The number of hydrogen-bond donors (Lipinski definition) is 3. The van der Waals surface area contributed by atoms with E-state index in [1.807, 2.05) is 4.98 Å². The van der Waals surface area contributed by atoms with E-state index in [-0.39, 0.29) is 5.82 Å². The van der Waals surface area contributed by atoms with Crippen LogP contribution in [0.25, 0.3) is 0 Å². The highest BCUT2D eigenvalue weighted by molar-refractivity contribution is 7.92. The number of nitrogens with one attached hydrogen (secondary N) is 3. The Bertz CT molecular complexity index is 822. The van der Waals surface area contributed by atoms with Gasteiger partial charge in [-0.15, -0.1) is 0 Å². The number of rotatable bonds is 3. The van der Waals surface area contributed by atoms with Crippen molar-refractivity contribution in [1.29, 1.82) is 0 Å². The molecule has 19 heavy (non-hydrogen) atoms. The molecule has 0 unspecified atom stereocenters. The van der Waals surface area contributed by atoms with Crippen molar-refractivity contribution < 1.29 is 8.42 Å². The van der Waals surface area contributed by atoms with Crippen LogP contribution < -0.4 is 16.0 Å². The first-order valence-electron chi connectivity index (χ1n) is 5.17. The van der Waals surface area contributed by atoms with E-state index < -0.39 is 26.2 Å². The van der Waals surface area contributed by atoms with Gasteiger partial charge in [0.05, 0.1) is 0 Å². The fourth-order valence-electron chi connectivity index (χ4n) is 1.39. The van der Waals surface area contributed by atoms with Crippen LogP contribution in [0.4, 0.5) is 5.82 Å². The summed E-state index contributed by atoms with van der Waals surface area (Å²) in [6.45, 7) is 1.70. The zero-order valence-electron chi connectivity index (χ0n) is 9.80. The van der Waals surface area contributed by atoms with Gasteiger partial charge in [0, 0.05) is 11.9 Å². The summed E-state index contributed by atoms with van der Waals surface area (Å²) < 4.78 is 26.1. The van der Waals surface area contributed by atoms with Crippen molar-refractivity contribution in [1.82, 2.24) is 15.0 Å². The molecular weight excluding hydrogens is 272 g/mol. The molecule has 2 rings (SSSR count). The first-order valence-corrected chi connectivity index (χ1v) is 6.65. The predicted molar refractivity (Wildman–Crippen MR) is 67.5 cm³/mol. The summed E-state index contributed by atoms with van der Waals surface area (Å²) in [5, 5.41) is 0. The monoisotopic (exact) mass is 282 g/mol. The minimum Gasteiger partial charge on any atom is -0.313 e. The lowest BCUT2D eigenvalue weighted by molar-refractivity contribution is 0.599. The number of sulfonamides is 1. The highest BCUT2D eigenvalue weighted by Gasteiger charge is 2.19. The van der Waals surface area contributed by atoms with Gasteiger partial charge in [0.2, 0.25) is 0 Å². The summed E-state index contributed by atoms with van der Waals surface area (Å²) in [7, 11) is -4.10. The summed E-state index contributed by atoms with van der Waals surface area (Å²) in [4.78, 5) is 29.6. The molecule has 3 N–H and O–H groups in total. The van der Waals surface area contributed by atoms with Gasteiger partial charge in [0.25, 0.3) is 15.6 Å². The maximum Gasteiger partial charge on any atom is 0.325 e. The molecule has 0 fully saturated rings. The molecule has 0 saturated heterocycles. The van der Waals surface area contributed by atoms with Gasteiger partial charge < -0.3 is 4.98 Å². The highest BCUT2D eigenvalue weighted by Crippen LogP contribution is 2.10. The Morgan fingerprint density at radius 2 is 2.00 bits per heavy atom. The molecule has 2 aromatic heterocycles. The number of pyridine rings is 1. The second-order valence-corrected chi connectivity index (χ2v) is 5.36. The molecule has 0 bridgehead atoms. The maximum atomic E-state index is 12.0. The van der Waals surface area contributed by atoms with Crippen LogP contribution in [-0.4, -0.2) is 23.4 Å². The average Bonchev–Trinajstić information content (AvgIpc) is 2.27. The van der Waals surface area contributed by atoms with Crippen molar-refractivity contribution in [2.75, 3.05) is 4.72 Å². The Labute approximate surface area is 107 Å². The topological polar surface area (TPSA) is 125 Å². The fourth-order valence-corrected chi connectivity index (χ4v) is 2.40. The van der Waals surface area contributed by atoms with Gasteiger partial charge in [-0.05, 0) is 19.1 Å². The number of hydrogen-bond acceptors (Lipinski definition) is 5. The molecule has 8 nitrogen and oxygen atoms in total. The SMILES string of the molecule is Cc1cccc(NS(=O)(=O)c2c[nH]c(=O)[nH]c2=O)n1. The van der Waals surface area contributed by atoms with E-state index in [0.29, 0.717) is 5.69 Å². The third-order valence-corrected chi connectivity index (χ3v) is 3.56. The van der Waals surface area contributed by atoms with Gasteiger partial charge in [0.15, 0.2) is 4.90 Å². The standard InChI is InChI=1S/C10H10N4O4S/c1-6-3-2-4-8(12-6)14-19(17,18)7-5-11-10(16)13-9(7)15/h2-5H,1H3,(H,12,14)(H2,11,13,15,16). The molecule has 0 aliphatic carbocycles. The van der Waals surface area contributed by atoms with E-state index in [2.05, 4.69) is 14.7 Å². The van der Waals surface area contributed by atoms with E-state index in [1.165, 1.54) is 6.07 Å². The highest BCUT2D eigenvalue weighted by atomic mass is 32.2. The van der Waals surface area contributed by atoms with Gasteiger partial charge in [-0.25, -0.2) is 18.2 Å². The van der Waals surface area contributed by atoms with Crippen LogP contribution in [0, 0.1) is 6.92 Å². The molecule has 0 aliphatic heterocycles. The third-order valence-electron chi connectivity index (χ3n) is 2.20. The van der Waals surface area contributed by atoms with Gasteiger partial charge >= 0.3 is 5.69 Å². The minimum atomic E-state index is -4.10. The molecule has 2 heterocycles. The van der Waals surface area contributed by atoms with Crippen molar-refractivity contribution in [3.05, 3.63) is 50.9 Å². The Morgan fingerprint density at radius 3 is 2.63 bits per heavy atom. The van der Waals surface area contributed by atoms with Crippen LogP contribution in [0.1, 0.15) is 5.69 Å². The van der Waals surface area contributed by atoms with Crippen molar-refractivity contribution in [2.24, 2.45) is 0 Å². The molecule has 0 amide bonds. The largest absolute Gasteiger partial charge is 0.325 e. The molecule has 0 saturated carbocycles. The van der Waals surface area contributed by atoms with Crippen LogP contribution in [0.5, 0.6) is 0 Å². The lowest BCUT2D eigenvalue weighted by atomic mass is 10.4. The Balaban J connectivity index is 2.43. The van der Waals surface area contributed by atoms with Crippen LogP contribution >= 0.6 is 0 Å². The molecule has 0 spiro atoms. The first-order chi connectivity index (χ1) is 8.88. The number of nitrogens with zero attached hydrogens (tertiary/aromatic N) is 1. The Morgan fingerprint density at radius 1 is 1.26 bits per heavy atom. The maximum absolute atomic E-state index is 12.0. The van der Waals surface area contributed by atoms with Gasteiger partial charge in [-0.2, -0.15) is 0 Å². The number of aryl methyl sites for hydroxylation is 1. The summed E-state index contributed by atoms with van der Waals surface area (Å²) >= 11 is 0. The molecule has 0 aromatic carbocycles. The second kappa shape index (κ2) is 4.69. The van der Waals surface area contributed by atoms with Crippen LogP contribution in [0.15, 0.2) is 38.9 Å². The minimum absolute atomic E-state index is 0.0885. The summed E-state index contributed by atoms with van der Waals surface area (Å²) in [6.07, 6.45) is 0.833. The van der Waals surface area contributed by atoms with Gasteiger partial charge in [-0.1, -0.05) is 6.07 Å². The van der Waals surface area contributed by atoms with E-state index in [4.69, 9.17) is 0 Å². The zero-order chi connectivity index (χ0) is 14.0. The normalized spacial score (nSPS) is 11.2. The third kappa shape index (κ3) is 2.88. The smallest absolute Gasteiger partial charge is 0.313 e. The molecule has 0 radical (unpaired) electrons. The number of aromatic amines is 2. The summed E-state index contributed by atoms with van der Waals surface area (Å²) in [6, 6.07) is 4.77. The number of anilines is 1. The molecule has 9 heteroatoms. The predicted octanol–water partition coefficient (Wildman–Crippen LogP) is -0.433. The molecular formula is C10H10N4O4S. The van der Waals surface area contributed by atoms with Crippen molar-refractivity contribution >= 4 is 15.8 Å². The summed E-state index contributed by atoms with van der Waals surface area (Å²) in [5.41, 5.74) is -1.16. The molecule has 100 valence electrons. The Kier molecular flexibility index (Phi) is 3.21. The van der Waals surface area contributed by atoms with E-state index in [9.17, 15) is 18.0 Å². The lowest BCUT2D eigenvalue weighted by Crippen LogP contribution is -2.29. The Hall–Kier alpha value is -2.42. The first kappa shape index (κ1) is 13.0. The van der Waals surface area contributed by atoms with Crippen LogP contribution in [-0.2, 0) is 10.0 Å². The second-order valence-electron chi connectivity index (χ2n) is 3.71. The zero-order valence-corrected chi connectivity index (χ0v) is 10.6. The van der Waals surface area contributed by atoms with Crippen molar-refractivity contribution in [3.8, 4) is 0 Å². The van der Waals surface area contributed by atoms with Crippen LogP contribution in [0.3, 0.4) is 0 Å². The lowest BCUT2D eigenvalue weighted by Gasteiger charge is -2.06. The van der Waals surface area contributed by atoms with E-state index in [0.717, 1.165) is 6.20 Å². The quantitative estimate of drug-likeness (QED) is 0.704. The van der Waals surface area contributed by atoms with Crippen molar-refractivity contribution in [2.45, 2.75) is 11.8 Å². The molecule has 2 aromatic rings. The number of aromatic nitrogens is 3. The van der Waals surface area contributed by atoms with Gasteiger partial charge in [0.1, 0.15) is 5.82 Å².